The third-order valence-corrected chi connectivity index (χ3v) is 4.19. The summed E-state index contributed by atoms with van der Waals surface area (Å²) in [6, 6.07) is 5.76. The van der Waals surface area contributed by atoms with Gasteiger partial charge in [0.05, 0.1) is 7.11 Å². The highest BCUT2D eigenvalue weighted by molar-refractivity contribution is 6.70. The fourth-order valence-corrected chi connectivity index (χ4v) is 3.83. The van der Waals surface area contributed by atoms with Crippen LogP contribution in [-0.4, -0.2) is 21.2 Å². The van der Waals surface area contributed by atoms with Crippen LogP contribution in [0.1, 0.15) is 18.1 Å². The van der Waals surface area contributed by atoms with Gasteiger partial charge in [0.15, 0.2) is 14.1 Å². The number of hydrogen-bond donors (Lipinski definition) is 0. The first-order valence-corrected chi connectivity index (χ1v) is 9.78. The van der Waals surface area contributed by atoms with E-state index in [2.05, 4.69) is 19.6 Å². The summed E-state index contributed by atoms with van der Waals surface area (Å²) >= 11 is 0. The molecular formula is C15H20O3Si. The average molecular weight is 276 g/mol. The van der Waals surface area contributed by atoms with E-state index >= 15 is 0 Å². The molecule has 0 saturated heterocycles. The molecular weight excluding hydrogens is 256 g/mol. The third-order valence-electron chi connectivity index (χ3n) is 3.17. The van der Waals surface area contributed by atoms with Crippen molar-refractivity contribution in [1.29, 1.82) is 0 Å². The summed E-state index contributed by atoms with van der Waals surface area (Å²) in [6.07, 6.45) is 3.45. The molecule has 0 fully saturated rings. The predicted molar refractivity (Wildman–Crippen MR) is 78.8 cm³/mol. The number of ether oxygens (including phenoxy) is 1. The van der Waals surface area contributed by atoms with Crippen LogP contribution in [0.15, 0.2) is 24.3 Å². The maximum atomic E-state index is 12.3. The Morgan fingerprint density at radius 1 is 1.16 bits per heavy atom. The monoisotopic (exact) mass is 276 g/mol. The third kappa shape index (κ3) is 2.64. The molecule has 1 unspecified atom stereocenters. The molecule has 1 aliphatic carbocycles. The van der Waals surface area contributed by atoms with Crippen molar-refractivity contribution in [3.63, 3.8) is 0 Å². The van der Waals surface area contributed by atoms with Crippen LogP contribution >= 0.6 is 0 Å². The Bertz CT molecular complexity index is 543. The molecule has 0 N–H and O–H groups in total. The van der Waals surface area contributed by atoms with Crippen LogP contribution in [0.2, 0.25) is 19.6 Å². The normalized spacial score (nSPS) is 22.3. The van der Waals surface area contributed by atoms with Crippen molar-refractivity contribution < 1.29 is 14.0 Å². The Kier molecular flexibility index (Phi) is 3.41. The van der Waals surface area contributed by atoms with E-state index in [0.717, 1.165) is 16.9 Å². The van der Waals surface area contributed by atoms with Gasteiger partial charge in [-0.05, 0) is 50.3 Å². The Morgan fingerprint density at radius 2 is 1.84 bits per heavy atom. The molecule has 19 heavy (non-hydrogen) atoms. The summed E-state index contributed by atoms with van der Waals surface area (Å²) < 4.78 is 11.4. The van der Waals surface area contributed by atoms with Gasteiger partial charge in [0.25, 0.3) is 0 Å². The summed E-state index contributed by atoms with van der Waals surface area (Å²) in [5, 5.41) is 0. The second-order valence-electron chi connectivity index (χ2n) is 5.90. The molecule has 1 aromatic rings. The largest absolute Gasteiger partial charge is 0.497 e. The van der Waals surface area contributed by atoms with Crippen LogP contribution in [0, 0.1) is 0 Å². The Labute approximate surface area is 115 Å². The van der Waals surface area contributed by atoms with Crippen molar-refractivity contribution in [3.8, 4) is 5.75 Å². The van der Waals surface area contributed by atoms with Crippen LogP contribution in [0.4, 0.5) is 0 Å². The molecule has 1 aliphatic rings. The average Bonchev–Trinajstić information content (AvgIpc) is 2.32. The molecule has 0 radical (unpaired) electrons. The standard InChI is InChI=1S/C15H20O3Si/c1-15(18-19(3,4)5)13-10-12(17-2)8-6-11(13)7-9-14(15)16/h6-10H,1-5H3. The van der Waals surface area contributed by atoms with Crippen LogP contribution < -0.4 is 4.74 Å². The van der Waals surface area contributed by atoms with Crippen LogP contribution in [-0.2, 0) is 14.8 Å². The van der Waals surface area contributed by atoms with Gasteiger partial charge in [0, 0.05) is 5.56 Å². The van der Waals surface area contributed by atoms with Crippen molar-refractivity contribution in [1.82, 2.24) is 0 Å². The van der Waals surface area contributed by atoms with E-state index in [-0.39, 0.29) is 5.78 Å². The molecule has 4 heteroatoms. The van der Waals surface area contributed by atoms with Crippen LogP contribution in [0.25, 0.3) is 6.08 Å². The van der Waals surface area contributed by atoms with Crippen molar-refractivity contribution in [3.05, 3.63) is 35.4 Å². The Morgan fingerprint density at radius 3 is 2.42 bits per heavy atom. The second kappa shape index (κ2) is 4.61. The number of fused-ring (bicyclic) bond motifs is 1. The summed E-state index contributed by atoms with van der Waals surface area (Å²) in [5.74, 6) is 0.739. The first kappa shape index (κ1) is 14.0. The van der Waals surface area contributed by atoms with Gasteiger partial charge in [0.1, 0.15) is 11.4 Å². The number of carbonyl (C=O) groups excluding carboxylic acids is 1. The highest BCUT2D eigenvalue weighted by Gasteiger charge is 2.41. The lowest BCUT2D eigenvalue weighted by Gasteiger charge is -2.37. The van der Waals surface area contributed by atoms with E-state index < -0.39 is 13.9 Å². The lowest BCUT2D eigenvalue weighted by Crippen LogP contribution is -2.45. The fraction of sp³-hybridized carbons (Fsp3) is 0.400. The minimum Gasteiger partial charge on any atom is -0.497 e. The van der Waals surface area contributed by atoms with Crippen molar-refractivity contribution >= 4 is 20.2 Å². The van der Waals surface area contributed by atoms with Gasteiger partial charge in [-0.3, -0.25) is 4.79 Å². The molecule has 0 spiro atoms. The summed E-state index contributed by atoms with van der Waals surface area (Å²) in [7, 11) is -0.226. The zero-order chi connectivity index (χ0) is 14.3. The van der Waals surface area contributed by atoms with Gasteiger partial charge in [0.2, 0.25) is 0 Å². The molecule has 0 aliphatic heterocycles. The van der Waals surface area contributed by atoms with E-state index in [9.17, 15) is 4.79 Å². The minimum absolute atomic E-state index is 0.00400. The van der Waals surface area contributed by atoms with E-state index in [0.29, 0.717) is 0 Å². The number of hydrogen-bond acceptors (Lipinski definition) is 3. The molecule has 0 amide bonds. The molecule has 0 bridgehead atoms. The van der Waals surface area contributed by atoms with Gasteiger partial charge in [-0.25, -0.2) is 0 Å². The van der Waals surface area contributed by atoms with Gasteiger partial charge in [-0.1, -0.05) is 12.1 Å². The highest BCUT2D eigenvalue weighted by atomic mass is 28.4. The zero-order valence-corrected chi connectivity index (χ0v) is 13.1. The minimum atomic E-state index is -1.85. The van der Waals surface area contributed by atoms with Crippen molar-refractivity contribution in [2.45, 2.75) is 32.2 Å². The van der Waals surface area contributed by atoms with Gasteiger partial charge in [-0.15, -0.1) is 0 Å². The fourth-order valence-electron chi connectivity index (χ4n) is 2.40. The summed E-state index contributed by atoms with van der Waals surface area (Å²) in [6.45, 7) is 8.12. The Hall–Kier alpha value is -1.39. The van der Waals surface area contributed by atoms with Crippen molar-refractivity contribution in [2.75, 3.05) is 7.11 Å². The number of carbonyl (C=O) groups is 1. The topological polar surface area (TPSA) is 35.5 Å². The maximum absolute atomic E-state index is 12.3. The van der Waals surface area contributed by atoms with Crippen molar-refractivity contribution in [2.24, 2.45) is 0 Å². The molecule has 1 atom stereocenters. The lowest BCUT2D eigenvalue weighted by molar-refractivity contribution is -0.129. The summed E-state index contributed by atoms with van der Waals surface area (Å²) in [5.41, 5.74) is 1.01. The molecule has 0 heterocycles. The lowest BCUT2D eigenvalue weighted by atomic mass is 9.83. The number of rotatable bonds is 3. The molecule has 0 aromatic heterocycles. The summed E-state index contributed by atoms with van der Waals surface area (Å²) in [4.78, 5) is 12.3. The molecule has 0 saturated carbocycles. The predicted octanol–water partition coefficient (Wildman–Crippen LogP) is 3.36. The first-order valence-electron chi connectivity index (χ1n) is 6.37. The van der Waals surface area contributed by atoms with E-state index in [4.69, 9.17) is 9.16 Å². The van der Waals surface area contributed by atoms with E-state index in [1.165, 1.54) is 0 Å². The first-order chi connectivity index (χ1) is 8.76. The Balaban J connectivity index is 2.56. The van der Waals surface area contributed by atoms with Gasteiger partial charge >= 0.3 is 0 Å². The zero-order valence-electron chi connectivity index (χ0n) is 12.1. The highest BCUT2D eigenvalue weighted by Crippen LogP contribution is 2.38. The number of methoxy groups -OCH3 is 1. The second-order valence-corrected chi connectivity index (χ2v) is 10.3. The smallest absolute Gasteiger partial charge is 0.190 e. The van der Waals surface area contributed by atoms with E-state index in [1.807, 2.05) is 31.2 Å². The maximum Gasteiger partial charge on any atom is 0.190 e. The van der Waals surface area contributed by atoms with Crippen LogP contribution in [0.5, 0.6) is 5.75 Å². The quantitative estimate of drug-likeness (QED) is 0.794. The molecule has 2 rings (SSSR count). The number of ketones is 1. The van der Waals surface area contributed by atoms with Gasteiger partial charge < -0.3 is 9.16 Å². The van der Waals surface area contributed by atoms with Crippen LogP contribution in [0.3, 0.4) is 0 Å². The SMILES string of the molecule is COc1ccc2c(c1)C(C)(O[Si](C)(C)C)C(=O)C=C2. The molecule has 102 valence electrons. The molecule has 3 nitrogen and oxygen atoms in total. The van der Waals surface area contributed by atoms with E-state index in [1.54, 1.807) is 13.2 Å². The number of benzene rings is 1. The van der Waals surface area contributed by atoms with Gasteiger partial charge in [-0.2, -0.15) is 0 Å². The molecule has 1 aromatic carbocycles.